The molecule has 3 amide bonds. The van der Waals surface area contributed by atoms with Crippen LogP contribution in [0.2, 0.25) is 0 Å². The summed E-state index contributed by atoms with van der Waals surface area (Å²) in [6.45, 7) is -0.548. The molecular formula is C13H24N4O5S3. The minimum Gasteiger partial charge on any atom is -0.480 e. The summed E-state index contributed by atoms with van der Waals surface area (Å²) in [5, 5.41) is 15.8. The highest BCUT2D eigenvalue weighted by molar-refractivity contribution is 7.98. The van der Waals surface area contributed by atoms with Gasteiger partial charge in [0, 0.05) is 11.5 Å². The van der Waals surface area contributed by atoms with Gasteiger partial charge >= 0.3 is 5.97 Å². The fourth-order valence-corrected chi connectivity index (χ4v) is 2.51. The number of nitrogens with one attached hydrogen (secondary N) is 3. The molecule has 0 aliphatic rings. The molecule has 0 saturated carbocycles. The number of carbonyl (C=O) groups excluding carboxylic acids is 3. The maximum absolute atomic E-state index is 12.3. The monoisotopic (exact) mass is 412 g/mol. The Morgan fingerprint density at radius 1 is 1.04 bits per heavy atom. The van der Waals surface area contributed by atoms with Crippen LogP contribution in [0, 0.1) is 0 Å². The Kier molecular flexibility index (Phi) is 12.6. The molecule has 3 unspecified atom stereocenters. The lowest BCUT2D eigenvalue weighted by Crippen LogP contribution is -2.57. The quantitative estimate of drug-likeness (QED) is 0.185. The van der Waals surface area contributed by atoms with Crippen LogP contribution in [-0.2, 0) is 19.2 Å². The first-order chi connectivity index (χ1) is 11.8. The van der Waals surface area contributed by atoms with E-state index in [1.807, 2.05) is 6.26 Å². The normalized spacial score (nSPS) is 14.1. The second-order valence-corrected chi connectivity index (χ2v) is 6.70. The van der Waals surface area contributed by atoms with Crippen molar-refractivity contribution in [2.45, 2.75) is 24.5 Å². The number of hydrogen-bond acceptors (Lipinski definition) is 8. The summed E-state index contributed by atoms with van der Waals surface area (Å²) in [5.74, 6) is -2.27. The van der Waals surface area contributed by atoms with Crippen LogP contribution >= 0.6 is 37.0 Å². The largest absolute Gasteiger partial charge is 0.480 e. The molecule has 3 atom stereocenters. The summed E-state index contributed by atoms with van der Waals surface area (Å²) in [6.07, 6.45) is 2.14. The van der Waals surface area contributed by atoms with Gasteiger partial charge in [-0.05, 0) is 18.4 Å². The van der Waals surface area contributed by atoms with Gasteiger partial charge in [0.15, 0.2) is 0 Å². The summed E-state index contributed by atoms with van der Waals surface area (Å²) in [7, 11) is 0. The third-order valence-corrected chi connectivity index (χ3v) is 4.41. The van der Waals surface area contributed by atoms with Crippen LogP contribution in [-0.4, -0.2) is 77.0 Å². The fraction of sp³-hybridized carbons (Fsp3) is 0.692. The van der Waals surface area contributed by atoms with Crippen molar-refractivity contribution in [2.75, 3.05) is 30.1 Å². The summed E-state index contributed by atoms with van der Waals surface area (Å²) >= 11 is 9.41. The van der Waals surface area contributed by atoms with Gasteiger partial charge in [0.05, 0.1) is 6.04 Å². The maximum atomic E-state index is 12.3. The molecule has 0 aromatic heterocycles. The van der Waals surface area contributed by atoms with Crippen LogP contribution in [0.25, 0.3) is 0 Å². The molecule has 12 heteroatoms. The lowest BCUT2D eigenvalue weighted by molar-refractivity contribution is -0.138. The van der Waals surface area contributed by atoms with E-state index in [4.69, 9.17) is 10.8 Å². The van der Waals surface area contributed by atoms with E-state index >= 15 is 0 Å². The average Bonchev–Trinajstić information content (AvgIpc) is 2.59. The van der Waals surface area contributed by atoms with Gasteiger partial charge in [-0.2, -0.15) is 37.0 Å². The predicted octanol–water partition coefficient (Wildman–Crippen LogP) is -1.90. The lowest BCUT2D eigenvalue weighted by atomic mass is 10.1. The zero-order chi connectivity index (χ0) is 19.4. The summed E-state index contributed by atoms with van der Waals surface area (Å²) < 4.78 is 0. The molecule has 25 heavy (non-hydrogen) atoms. The van der Waals surface area contributed by atoms with E-state index < -0.39 is 48.4 Å². The molecule has 6 N–H and O–H groups in total. The lowest BCUT2D eigenvalue weighted by Gasteiger charge is -2.22. The molecule has 0 spiro atoms. The van der Waals surface area contributed by atoms with Crippen LogP contribution in [0.4, 0.5) is 0 Å². The van der Waals surface area contributed by atoms with Crippen LogP contribution in [0.3, 0.4) is 0 Å². The van der Waals surface area contributed by atoms with Crippen LogP contribution in [0.5, 0.6) is 0 Å². The molecule has 0 radical (unpaired) electrons. The van der Waals surface area contributed by atoms with Gasteiger partial charge in [-0.3, -0.25) is 19.2 Å². The second kappa shape index (κ2) is 13.1. The first-order valence-corrected chi connectivity index (χ1v) is 9.99. The van der Waals surface area contributed by atoms with Crippen molar-refractivity contribution in [3.05, 3.63) is 0 Å². The molecule has 144 valence electrons. The van der Waals surface area contributed by atoms with Crippen molar-refractivity contribution in [1.29, 1.82) is 0 Å². The number of nitrogens with two attached hydrogens (primary N) is 1. The Balaban J connectivity index is 4.87. The molecule has 0 aromatic carbocycles. The van der Waals surface area contributed by atoms with E-state index in [-0.39, 0.29) is 11.5 Å². The van der Waals surface area contributed by atoms with Crippen molar-refractivity contribution in [3.8, 4) is 0 Å². The molecule has 0 aliphatic heterocycles. The molecule has 0 rings (SSSR count). The van der Waals surface area contributed by atoms with Crippen molar-refractivity contribution in [3.63, 3.8) is 0 Å². The minimum absolute atomic E-state index is 0.00283. The molecule has 0 aromatic rings. The van der Waals surface area contributed by atoms with Crippen molar-refractivity contribution in [2.24, 2.45) is 5.73 Å². The standard InChI is InChI=1S/C13H24N4O5S3/c1-25-3-2-8(12(21)15-4-10(18)19)16-13(22)9(6-24)17-11(20)7(14)5-23/h7-9,23-24H,2-6,14H2,1H3,(H,15,21)(H,16,22)(H,17,20)(H,18,19). The molecule has 0 saturated heterocycles. The Morgan fingerprint density at radius 3 is 2.12 bits per heavy atom. The topological polar surface area (TPSA) is 151 Å². The Hall–Kier alpha value is -1.11. The van der Waals surface area contributed by atoms with Gasteiger partial charge in [-0.25, -0.2) is 0 Å². The Morgan fingerprint density at radius 2 is 1.64 bits per heavy atom. The number of hydrogen-bond donors (Lipinski definition) is 7. The minimum atomic E-state index is -1.19. The Bertz CT molecular complexity index is 481. The molecule has 0 fully saturated rings. The van der Waals surface area contributed by atoms with E-state index in [0.29, 0.717) is 12.2 Å². The first-order valence-electron chi connectivity index (χ1n) is 7.33. The summed E-state index contributed by atoms with van der Waals surface area (Å²) in [5.41, 5.74) is 5.54. The van der Waals surface area contributed by atoms with E-state index in [9.17, 15) is 19.2 Å². The summed E-state index contributed by atoms with van der Waals surface area (Å²) in [6, 6.07) is -2.77. The Labute approximate surface area is 161 Å². The third kappa shape index (κ3) is 9.82. The van der Waals surface area contributed by atoms with E-state index in [1.54, 1.807) is 0 Å². The number of thioether (sulfide) groups is 1. The number of carboxylic acid groups (broad SMARTS) is 1. The second-order valence-electron chi connectivity index (χ2n) is 4.99. The van der Waals surface area contributed by atoms with E-state index in [2.05, 4.69) is 41.2 Å². The smallest absolute Gasteiger partial charge is 0.322 e. The first kappa shape index (κ1) is 23.9. The summed E-state index contributed by atoms with van der Waals surface area (Å²) in [4.78, 5) is 46.7. The SMILES string of the molecule is CSCCC(NC(=O)C(CS)NC(=O)C(N)CS)C(=O)NCC(=O)O. The highest BCUT2D eigenvalue weighted by Gasteiger charge is 2.27. The van der Waals surface area contributed by atoms with Gasteiger partial charge in [0.2, 0.25) is 17.7 Å². The number of thiol groups is 2. The fourth-order valence-electron chi connectivity index (χ4n) is 1.62. The highest BCUT2D eigenvalue weighted by atomic mass is 32.2. The molecule has 0 heterocycles. The van der Waals surface area contributed by atoms with Crippen molar-refractivity contribution < 1.29 is 24.3 Å². The molecular weight excluding hydrogens is 388 g/mol. The number of rotatable bonds is 12. The molecule has 9 nitrogen and oxygen atoms in total. The van der Waals surface area contributed by atoms with Crippen LogP contribution in [0.1, 0.15) is 6.42 Å². The maximum Gasteiger partial charge on any atom is 0.322 e. The zero-order valence-electron chi connectivity index (χ0n) is 13.7. The van der Waals surface area contributed by atoms with Gasteiger partial charge in [0.25, 0.3) is 0 Å². The molecule has 0 aliphatic carbocycles. The average molecular weight is 413 g/mol. The van der Waals surface area contributed by atoms with Gasteiger partial charge in [0.1, 0.15) is 18.6 Å². The highest BCUT2D eigenvalue weighted by Crippen LogP contribution is 2.02. The zero-order valence-corrected chi connectivity index (χ0v) is 16.3. The third-order valence-electron chi connectivity index (χ3n) is 3.01. The van der Waals surface area contributed by atoms with Crippen LogP contribution < -0.4 is 21.7 Å². The predicted molar refractivity (Wildman–Crippen MR) is 103 cm³/mol. The number of aliphatic carboxylic acids is 1. The number of amides is 3. The van der Waals surface area contributed by atoms with Gasteiger partial charge in [-0.15, -0.1) is 0 Å². The number of carboxylic acids is 1. The van der Waals surface area contributed by atoms with Crippen LogP contribution in [0.15, 0.2) is 0 Å². The van der Waals surface area contributed by atoms with E-state index in [1.165, 1.54) is 11.8 Å². The number of carbonyl (C=O) groups is 4. The van der Waals surface area contributed by atoms with E-state index in [0.717, 1.165) is 0 Å². The van der Waals surface area contributed by atoms with Crippen molar-refractivity contribution in [1.82, 2.24) is 16.0 Å². The van der Waals surface area contributed by atoms with Crippen molar-refractivity contribution >= 4 is 60.7 Å². The van der Waals surface area contributed by atoms with Gasteiger partial charge < -0.3 is 26.8 Å². The molecule has 0 bridgehead atoms. The van der Waals surface area contributed by atoms with Gasteiger partial charge in [-0.1, -0.05) is 0 Å².